The first-order valence-electron chi connectivity index (χ1n) is 19.8. The van der Waals surface area contributed by atoms with Gasteiger partial charge in [0.1, 0.15) is 5.75 Å². The number of sulfonamides is 1. The number of nitrogens with one attached hydrogen (secondary N) is 1. The molecule has 4 heterocycles. The molecule has 4 bridgehead atoms. The Morgan fingerprint density at radius 1 is 1.14 bits per heavy atom. The van der Waals surface area contributed by atoms with Gasteiger partial charge >= 0.3 is 12.1 Å². The van der Waals surface area contributed by atoms with E-state index in [2.05, 4.69) is 38.8 Å². The highest BCUT2D eigenvalue weighted by Gasteiger charge is 2.45. The lowest BCUT2D eigenvalue weighted by atomic mass is 9.68. The van der Waals surface area contributed by atoms with Crippen LogP contribution in [-0.2, 0) is 36.1 Å². The van der Waals surface area contributed by atoms with E-state index in [9.17, 15) is 26.4 Å². The van der Waals surface area contributed by atoms with Crippen LogP contribution in [0.1, 0.15) is 73.9 Å². The zero-order valence-corrected chi connectivity index (χ0v) is 33.8. The second-order valence-electron chi connectivity index (χ2n) is 16.6. The van der Waals surface area contributed by atoms with Gasteiger partial charge in [0, 0.05) is 48.2 Å². The van der Waals surface area contributed by atoms with Crippen LogP contribution in [0.15, 0.2) is 48.6 Å². The number of rotatable bonds is 4. The smallest absolute Gasteiger partial charge is 0.490 e. The van der Waals surface area contributed by atoms with Gasteiger partial charge < -0.3 is 24.2 Å². The second-order valence-corrected chi connectivity index (χ2v) is 19.1. The topological polar surface area (TPSA) is 135 Å². The fourth-order valence-corrected chi connectivity index (χ4v) is 10.9. The highest BCUT2D eigenvalue weighted by molar-refractivity contribution is 7.90. The van der Waals surface area contributed by atoms with Gasteiger partial charge in [-0.15, -0.1) is 0 Å². The number of hydrogen-bond donors (Lipinski definition) is 2. The molecule has 312 valence electrons. The summed E-state index contributed by atoms with van der Waals surface area (Å²) in [6.45, 7) is 9.01. The van der Waals surface area contributed by atoms with Gasteiger partial charge in [-0.25, -0.2) is 17.9 Å². The van der Waals surface area contributed by atoms with Crippen LogP contribution in [0.4, 0.5) is 18.9 Å². The van der Waals surface area contributed by atoms with Crippen molar-refractivity contribution in [1.29, 1.82) is 0 Å². The minimum atomic E-state index is -5.08. The molecular formula is C41H51ClF3N3O8S. The first kappa shape index (κ1) is 41.8. The van der Waals surface area contributed by atoms with Crippen LogP contribution in [0.2, 0.25) is 5.02 Å². The number of amides is 1. The third-order valence-corrected chi connectivity index (χ3v) is 15.1. The summed E-state index contributed by atoms with van der Waals surface area (Å²) >= 11 is 6.47. The highest BCUT2D eigenvalue weighted by atomic mass is 35.5. The van der Waals surface area contributed by atoms with Gasteiger partial charge in [-0.2, -0.15) is 13.2 Å². The number of benzene rings is 2. The first-order chi connectivity index (χ1) is 27.0. The molecule has 8 atom stereocenters. The molecule has 0 radical (unpaired) electrons. The SMILES string of the molecule is C[C@@H]1[C@@H](C)C/C=C/[C@H](OCCN2C[C@H]3C[C@@H]2CO3)[C@@H]2CC[C@H]2CN2C[C@@]3(CCCc4cc(Cl)ccc43)COc3ccc(cc32)C(=O)NS1(=O)=O.O=C(O)C(F)(F)F. The molecule has 2 aliphatic carbocycles. The number of carbonyl (C=O) groups is 2. The number of carbonyl (C=O) groups excluding carboxylic acids is 1. The van der Waals surface area contributed by atoms with E-state index in [1.54, 1.807) is 13.0 Å². The number of anilines is 1. The number of aryl methyl sites for hydroxylation is 1. The minimum absolute atomic E-state index is 0.0583. The number of likely N-dealkylation sites (tertiary alicyclic amines) is 1. The number of carboxylic acids is 1. The Morgan fingerprint density at radius 3 is 2.61 bits per heavy atom. The van der Waals surface area contributed by atoms with Gasteiger partial charge in [-0.3, -0.25) is 9.69 Å². The Labute approximate surface area is 336 Å². The van der Waals surface area contributed by atoms with Crippen LogP contribution in [0.3, 0.4) is 0 Å². The molecule has 2 aromatic carbocycles. The molecule has 1 saturated carbocycles. The minimum Gasteiger partial charge on any atom is -0.490 e. The second kappa shape index (κ2) is 16.7. The third kappa shape index (κ3) is 9.12. The standard InChI is InChI=1S/C39H50ClN3O6S.C2HF3O2/c1-25-5-3-7-36(47-16-15-42-21-32-19-31(42)22-48-32)33-11-8-29(33)20-43-23-39(14-4-6-27-17-30(40)10-12-34(27)39)24-49-37-13-9-28(18-35(37)43)38(44)41-50(45,46)26(25)2;3-2(4,5)1(6)7/h3,7,9-10,12-13,17-18,25-26,29,31-33,36H,4-6,8,11,14-16,19-24H2,1-2H3,(H,41,44);(H,6,7)/b7-3+;/t25-,26+,29-,31+,32+,33+,36-,39-;/m0./s1. The number of nitrogens with zero attached hydrogens (tertiary/aromatic N) is 2. The molecule has 3 fully saturated rings. The van der Waals surface area contributed by atoms with Crippen LogP contribution >= 0.6 is 11.6 Å². The molecule has 0 aromatic heterocycles. The first-order valence-corrected chi connectivity index (χ1v) is 21.8. The van der Waals surface area contributed by atoms with Crippen molar-refractivity contribution in [2.75, 3.05) is 50.9 Å². The zero-order valence-electron chi connectivity index (χ0n) is 32.2. The summed E-state index contributed by atoms with van der Waals surface area (Å²) < 4.78 is 80.3. The van der Waals surface area contributed by atoms with Crippen LogP contribution in [-0.4, -0.2) is 106 Å². The van der Waals surface area contributed by atoms with Crippen molar-refractivity contribution in [2.24, 2.45) is 17.8 Å². The normalized spacial score (nSPS) is 32.7. The summed E-state index contributed by atoms with van der Waals surface area (Å²) in [5.74, 6) is -2.12. The molecule has 2 saturated heterocycles. The predicted octanol–water partition coefficient (Wildman–Crippen LogP) is 6.38. The number of hydrogen-bond acceptors (Lipinski definition) is 9. The molecule has 2 N–H and O–H groups in total. The van der Waals surface area contributed by atoms with Gasteiger partial charge in [0.15, 0.2) is 0 Å². The van der Waals surface area contributed by atoms with Crippen molar-refractivity contribution in [3.8, 4) is 5.75 Å². The van der Waals surface area contributed by atoms with Gasteiger partial charge in [0.05, 0.1) is 43.0 Å². The Kier molecular flexibility index (Phi) is 12.2. The predicted molar refractivity (Wildman–Crippen MR) is 208 cm³/mol. The van der Waals surface area contributed by atoms with E-state index in [4.69, 9.17) is 35.7 Å². The maximum atomic E-state index is 13.5. The average molecular weight is 838 g/mol. The van der Waals surface area contributed by atoms with E-state index in [1.165, 1.54) is 11.1 Å². The van der Waals surface area contributed by atoms with Gasteiger partial charge in [0.2, 0.25) is 10.0 Å². The summed E-state index contributed by atoms with van der Waals surface area (Å²) in [5.41, 5.74) is 3.47. The summed E-state index contributed by atoms with van der Waals surface area (Å²) in [6, 6.07) is 12.1. The molecule has 0 unspecified atom stereocenters. The lowest BCUT2D eigenvalue weighted by molar-refractivity contribution is -0.192. The largest absolute Gasteiger partial charge is 0.490 e. The van der Waals surface area contributed by atoms with Crippen molar-refractivity contribution in [3.05, 3.63) is 70.3 Å². The third-order valence-electron chi connectivity index (χ3n) is 13.0. The number of halogens is 4. The van der Waals surface area contributed by atoms with Crippen molar-refractivity contribution in [2.45, 2.75) is 93.9 Å². The lowest BCUT2D eigenvalue weighted by Crippen LogP contribution is -2.50. The molecule has 1 amide bonds. The quantitative estimate of drug-likeness (QED) is 0.335. The maximum absolute atomic E-state index is 13.5. The Bertz CT molecular complexity index is 1970. The van der Waals surface area contributed by atoms with E-state index in [1.807, 2.05) is 25.1 Å². The Hall–Kier alpha value is -3.37. The number of alkyl halides is 3. The van der Waals surface area contributed by atoms with E-state index in [0.717, 1.165) is 87.8 Å². The molecule has 57 heavy (non-hydrogen) atoms. The molecule has 8 rings (SSSR count). The number of morpholine rings is 1. The van der Waals surface area contributed by atoms with E-state index < -0.39 is 33.3 Å². The number of aliphatic carboxylic acids is 1. The Balaban J connectivity index is 0.000000651. The molecular weight excluding hydrogens is 787 g/mol. The van der Waals surface area contributed by atoms with Crippen LogP contribution in [0.25, 0.3) is 0 Å². The lowest BCUT2D eigenvalue weighted by Gasteiger charge is -2.46. The fraction of sp³-hybridized carbons (Fsp3) is 0.610. The molecule has 6 aliphatic rings. The van der Waals surface area contributed by atoms with Gasteiger partial charge in [0.25, 0.3) is 5.91 Å². The van der Waals surface area contributed by atoms with E-state index in [0.29, 0.717) is 49.2 Å². The molecule has 11 nitrogen and oxygen atoms in total. The van der Waals surface area contributed by atoms with E-state index in [-0.39, 0.29) is 17.4 Å². The zero-order chi connectivity index (χ0) is 40.7. The summed E-state index contributed by atoms with van der Waals surface area (Å²) in [6.07, 6.45) is 6.41. The van der Waals surface area contributed by atoms with Crippen LogP contribution in [0, 0.1) is 17.8 Å². The fourth-order valence-electron chi connectivity index (χ4n) is 9.38. The maximum Gasteiger partial charge on any atom is 0.490 e. The molecule has 4 aliphatic heterocycles. The summed E-state index contributed by atoms with van der Waals surface area (Å²) in [4.78, 5) is 27.4. The van der Waals surface area contributed by atoms with Crippen molar-refractivity contribution in [1.82, 2.24) is 9.62 Å². The Morgan fingerprint density at radius 2 is 1.93 bits per heavy atom. The monoisotopic (exact) mass is 837 g/mol. The average Bonchev–Trinajstić information content (AvgIpc) is 3.74. The van der Waals surface area contributed by atoms with Crippen molar-refractivity contribution < 1.29 is 50.5 Å². The van der Waals surface area contributed by atoms with E-state index >= 15 is 0 Å². The summed E-state index contributed by atoms with van der Waals surface area (Å²) in [5, 5.41) is 7.12. The molecule has 16 heteroatoms. The highest BCUT2D eigenvalue weighted by Crippen LogP contribution is 2.47. The summed E-state index contributed by atoms with van der Waals surface area (Å²) in [7, 11) is -3.92. The number of allylic oxidation sites excluding steroid dienone is 1. The number of carboxylic acid groups (broad SMARTS) is 1. The number of fused-ring (bicyclic) bond motifs is 6. The molecule has 2 aromatic rings. The van der Waals surface area contributed by atoms with Crippen LogP contribution < -0.4 is 14.4 Å². The molecule has 1 spiro atoms. The van der Waals surface area contributed by atoms with Gasteiger partial charge in [-0.1, -0.05) is 36.7 Å². The van der Waals surface area contributed by atoms with Gasteiger partial charge in [-0.05, 0) is 111 Å². The van der Waals surface area contributed by atoms with Crippen molar-refractivity contribution in [3.63, 3.8) is 0 Å². The van der Waals surface area contributed by atoms with Crippen LogP contribution in [0.5, 0.6) is 5.75 Å². The van der Waals surface area contributed by atoms with Crippen molar-refractivity contribution >= 4 is 39.2 Å². The number of ether oxygens (including phenoxy) is 3.